The van der Waals surface area contributed by atoms with Crippen molar-refractivity contribution in [1.82, 2.24) is 4.98 Å². The highest BCUT2D eigenvalue weighted by Gasteiger charge is 2.28. The van der Waals surface area contributed by atoms with Gasteiger partial charge in [-0.2, -0.15) is 13.2 Å². The topological polar surface area (TPSA) is 34.1 Å². The zero-order valence-electron chi connectivity index (χ0n) is 12.1. The predicted molar refractivity (Wildman–Crippen MR) is 75.4 cm³/mol. The maximum Gasteiger partial charge on any atom is 0.422 e. The Hall–Kier alpha value is -1.46. The lowest BCUT2D eigenvalue weighted by Gasteiger charge is -2.32. The number of hydrogen-bond donors (Lipinski definition) is 1. The highest BCUT2D eigenvalue weighted by Crippen LogP contribution is 2.29. The summed E-state index contributed by atoms with van der Waals surface area (Å²) in [7, 11) is 0. The number of rotatable bonds is 5. The monoisotopic (exact) mass is 302 g/mol. The number of alkyl halides is 3. The minimum atomic E-state index is -4.34. The van der Waals surface area contributed by atoms with Gasteiger partial charge < -0.3 is 10.1 Å². The van der Waals surface area contributed by atoms with Crippen LogP contribution >= 0.6 is 0 Å². The van der Waals surface area contributed by atoms with Crippen LogP contribution in [0.15, 0.2) is 18.3 Å². The third-order valence-corrected chi connectivity index (χ3v) is 3.91. The van der Waals surface area contributed by atoms with Crippen LogP contribution in [0.2, 0.25) is 0 Å². The minimum Gasteiger partial charge on any atom is -0.468 e. The lowest BCUT2D eigenvalue weighted by molar-refractivity contribution is -0.154. The lowest BCUT2D eigenvalue weighted by Crippen LogP contribution is -2.31. The van der Waals surface area contributed by atoms with Gasteiger partial charge in [-0.1, -0.05) is 26.2 Å². The summed E-state index contributed by atoms with van der Waals surface area (Å²) < 4.78 is 40.7. The largest absolute Gasteiger partial charge is 0.468 e. The van der Waals surface area contributed by atoms with E-state index in [0.717, 1.165) is 18.5 Å². The summed E-state index contributed by atoms with van der Waals surface area (Å²) in [6, 6.07) is 3.62. The molecule has 6 heteroatoms. The molecule has 2 unspecified atom stereocenters. The molecule has 1 saturated carbocycles. The Kier molecular flexibility index (Phi) is 5.31. The molecule has 0 spiro atoms. The van der Waals surface area contributed by atoms with Crippen molar-refractivity contribution < 1.29 is 17.9 Å². The lowest BCUT2D eigenvalue weighted by atomic mass is 9.83. The highest BCUT2D eigenvalue weighted by atomic mass is 19.4. The normalized spacial score (nSPS) is 22.9. The van der Waals surface area contributed by atoms with Gasteiger partial charge in [-0.15, -0.1) is 0 Å². The van der Waals surface area contributed by atoms with Crippen LogP contribution < -0.4 is 10.1 Å². The van der Waals surface area contributed by atoms with Gasteiger partial charge in [-0.05, 0) is 24.8 Å². The summed E-state index contributed by atoms with van der Waals surface area (Å²) in [5.41, 5.74) is 0.833. The van der Waals surface area contributed by atoms with Gasteiger partial charge in [0.1, 0.15) is 0 Å². The fourth-order valence-electron chi connectivity index (χ4n) is 2.81. The van der Waals surface area contributed by atoms with E-state index in [9.17, 15) is 13.2 Å². The number of aromatic nitrogens is 1. The number of nitrogens with one attached hydrogen (secondary N) is 1. The molecule has 0 saturated heterocycles. The van der Waals surface area contributed by atoms with Crippen LogP contribution in [0.25, 0.3) is 0 Å². The molecule has 1 aliphatic carbocycles. The first-order valence-electron chi connectivity index (χ1n) is 7.40. The van der Waals surface area contributed by atoms with Crippen LogP contribution in [-0.2, 0) is 0 Å². The molecule has 3 nitrogen and oxygen atoms in total. The van der Waals surface area contributed by atoms with E-state index in [0.29, 0.717) is 12.0 Å². The molecule has 0 aliphatic heterocycles. The average Bonchev–Trinajstić information content (AvgIpc) is 2.46. The number of halogens is 3. The van der Waals surface area contributed by atoms with Gasteiger partial charge in [-0.25, -0.2) is 4.98 Å². The van der Waals surface area contributed by atoms with Crippen molar-refractivity contribution in [2.45, 2.75) is 51.2 Å². The first-order valence-corrected chi connectivity index (χ1v) is 7.40. The van der Waals surface area contributed by atoms with E-state index >= 15 is 0 Å². The third-order valence-electron chi connectivity index (χ3n) is 3.91. The second kappa shape index (κ2) is 7.00. The molecule has 1 aromatic heterocycles. The third kappa shape index (κ3) is 5.10. The van der Waals surface area contributed by atoms with E-state index in [2.05, 4.69) is 22.0 Å². The van der Waals surface area contributed by atoms with Crippen molar-refractivity contribution in [2.24, 2.45) is 5.92 Å². The molecule has 2 rings (SSSR count). The van der Waals surface area contributed by atoms with E-state index < -0.39 is 12.8 Å². The smallest absolute Gasteiger partial charge is 0.422 e. The van der Waals surface area contributed by atoms with Gasteiger partial charge in [0.05, 0.1) is 11.9 Å². The molecular weight excluding hydrogens is 281 g/mol. The molecule has 118 valence electrons. The molecule has 21 heavy (non-hydrogen) atoms. The molecule has 1 aromatic rings. The van der Waals surface area contributed by atoms with Crippen LogP contribution in [0.4, 0.5) is 18.9 Å². The molecule has 0 amide bonds. The van der Waals surface area contributed by atoms with Crippen molar-refractivity contribution in [1.29, 1.82) is 0 Å². The maximum atomic E-state index is 12.0. The maximum absolute atomic E-state index is 12.0. The molecular formula is C15H21F3N2O. The van der Waals surface area contributed by atoms with E-state index in [1.807, 2.05) is 0 Å². The second-order valence-corrected chi connectivity index (χ2v) is 5.49. The quantitative estimate of drug-likeness (QED) is 0.875. The Morgan fingerprint density at radius 2 is 2.05 bits per heavy atom. The second-order valence-electron chi connectivity index (χ2n) is 5.49. The van der Waals surface area contributed by atoms with Crippen LogP contribution in [0, 0.1) is 5.92 Å². The number of pyridine rings is 1. The molecule has 1 aliphatic rings. The summed E-state index contributed by atoms with van der Waals surface area (Å²) in [5, 5.41) is 3.44. The van der Waals surface area contributed by atoms with Gasteiger partial charge in [0.2, 0.25) is 5.88 Å². The molecule has 0 bridgehead atoms. The fourth-order valence-corrected chi connectivity index (χ4v) is 2.81. The van der Waals surface area contributed by atoms with E-state index in [4.69, 9.17) is 0 Å². The Labute approximate surface area is 122 Å². The van der Waals surface area contributed by atoms with Gasteiger partial charge in [0.15, 0.2) is 6.61 Å². The first-order chi connectivity index (χ1) is 9.98. The predicted octanol–water partition coefficient (Wildman–Crippen LogP) is 4.40. The Bertz CT molecular complexity index is 434. The van der Waals surface area contributed by atoms with Crippen LogP contribution in [0.1, 0.15) is 39.0 Å². The van der Waals surface area contributed by atoms with Crippen molar-refractivity contribution in [3.05, 3.63) is 18.3 Å². The van der Waals surface area contributed by atoms with Gasteiger partial charge in [-0.3, -0.25) is 0 Å². The van der Waals surface area contributed by atoms with E-state index in [1.54, 1.807) is 6.07 Å². The molecule has 1 fully saturated rings. The van der Waals surface area contributed by atoms with Crippen molar-refractivity contribution >= 4 is 5.69 Å². The summed E-state index contributed by atoms with van der Waals surface area (Å²) >= 11 is 0. The first kappa shape index (κ1) is 15.9. The number of hydrogen-bond acceptors (Lipinski definition) is 3. The molecule has 2 atom stereocenters. The Balaban J connectivity index is 1.89. The summed E-state index contributed by atoms with van der Waals surface area (Å²) in [6.45, 7) is 0.879. The molecule has 0 radical (unpaired) electrons. The van der Waals surface area contributed by atoms with Gasteiger partial charge in [0.25, 0.3) is 0 Å². The van der Waals surface area contributed by atoms with Crippen LogP contribution in [-0.4, -0.2) is 23.8 Å². The number of anilines is 1. The zero-order valence-corrected chi connectivity index (χ0v) is 12.1. The van der Waals surface area contributed by atoms with Crippen molar-refractivity contribution in [2.75, 3.05) is 11.9 Å². The Morgan fingerprint density at radius 1 is 1.29 bits per heavy atom. The van der Waals surface area contributed by atoms with Gasteiger partial charge >= 0.3 is 6.18 Å². The highest BCUT2D eigenvalue weighted by molar-refractivity contribution is 5.43. The molecule has 1 N–H and O–H groups in total. The number of nitrogens with zero attached hydrogens (tertiary/aromatic N) is 1. The summed E-state index contributed by atoms with van der Waals surface area (Å²) in [6.07, 6.45) is 3.19. The standard InChI is InChI=1S/C15H21F3N2O/c1-2-11-5-3-4-6-13(11)20-12-7-8-14(19-9-12)21-10-15(16,17)18/h7-9,11,13,20H,2-6,10H2,1H3. The average molecular weight is 302 g/mol. The summed E-state index contributed by atoms with van der Waals surface area (Å²) in [5.74, 6) is 0.647. The fraction of sp³-hybridized carbons (Fsp3) is 0.667. The number of ether oxygens (including phenoxy) is 1. The Morgan fingerprint density at radius 3 is 2.67 bits per heavy atom. The van der Waals surface area contributed by atoms with E-state index in [-0.39, 0.29) is 5.88 Å². The molecule has 1 heterocycles. The van der Waals surface area contributed by atoms with E-state index in [1.165, 1.54) is 31.5 Å². The minimum absolute atomic E-state index is 0.00596. The van der Waals surface area contributed by atoms with Crippen LogP contribution in [0.3, 0.4) is 0 Å². The summed E-state index contributed by atoms with van der Waals surface area (Å²) in [4.78, 5) is 3.91. The SMILES string of the molecule is CCC1CCCCC1Nc1ccc(OCC(F)(F)F)nc1. The van der Waals surface area contributed by atoms with Crippen molar-refractivity contribution in [3.63, 3.8) is 0 Å². The zero-order chi connectivity index (χ0) is 15.3. The molecule has 0 aromatic carbocycles. The van der Waals surface area contributed by atoms with Gasteiger partial charge in [0, 0.05) is 12.1 Å². The van der Waals surface area contributed by atoms with Crippen LogP contribution in [0.5, 0.6) is 5.88 Å². The van der Waals surface area contributed by atoms with Crippen molar-refractivity contribution in [3.8, 4) is 5.88 Å².